The standard InChI is InChI=1S/C13H20N2O3.2C2H6/c16-11(14-8-3-4-9-14)5-1-2-10-15-12(17)6-7-13(15)18;2*1-2/h1-10H2;2*1-2H3. The monoisotopic (exact) mass is 312 g/mol. The summed E-state index contributed by atoms with van der Waals surface area (Å²) in [6, 6.07) is 0. The third-order valence-corrected chi connectivity index (χ3v) is 3.64. The highest BCUT2D eigenvalue weighted by molar-refractivity contribution is 6.01. The minimum atomic E-state index is -0.0640. The molecule has 0 bridgehead atoms. The van der Waals surface area contributed by atoms with Crippen LogP contribution in [-0.4, -0.2) is 47.2 Å². The van der Waals surface area contributed by atoms with Crippen LogP contribution in [0.15, 0.2) is 0 Å². The summed E-state index contributed by atoms with van der Waals surface area (Å²) in [5.41, 5.74) is 0. The van der Waals surface area contributed by atoms with Crippen molar-refractivity contribution in [2.45, 2.75) is 72.6 Å². The van der Waals surface area contributed by atoms with Gasteiger partial charge in [0.25, 0.3) is 0 Å². The molecular weight excluding hydrogens is 280 g/mol. The van der Waals surface area contributed by atoms with Gasteiger partial charge in [0.15, 0.2) is 0 Å². The van der Waals surface area contributed by atoms with Crippen LogP contribution < -0.4 is 0 Å². The molecule has 5 heteroatoms. The molecule has 5 nitrogen and oxygen atoms in total. The van der Waals surface area contributed by atoms with Crippen LogP contribution in [-0.2, 0) is 14.4 Å². The first-order valence-electron chi connectivity index (χ1n) is 8.79. The van der Waals surface area contributed by atoms with Crippen molar-refractivity contribution in [3.05, 3.63) is 0 Å². The van der Waals surface area contributed by atoms with Gasteiger partial charge in [0.1, 0.15) is 0 Å². The van der Waals surface area contributed by atoms with Crippen LogP contribution in [0.5, 0.6) is 0 Å². The Bertz CT molecular complexity index is 334. The molecule has 0 aliphatic carbocycles. The van der Waals surface area contributed by atoms with E-state index in [0.717, 1.165) is 38.8 Å². The Kier molecular flexibility index (Phi) is 11.4. The summed E-state index contributed by atoms with van der Waals surface area (Å²) in [6.45, 7) is 10.3. The fraction of sp³-hybridized carbons (Fsp3) is 0.824. The van der Waals surface area contributed by atoms with Crippen molar-refractivity contribution in [1.29, 1.82) is 0 Å². The Morgan fingerprint density at radius 2 is 1.41 bits per heavy atom. The van der Waals surface area contributed by atoms with E-state index in [-0.39, 0.29) is 17.7 Å². The Balaban J connectivity index is 0.00000102. The molecule has 0 N–H and O–H groups in total. The van der Waals surface area contributed by atoms with Crippen LogP contribution in [0.4, 0.5) is 0 Å². The number of likely N-dealkylation sites (tertiary alicyclic amines) is 2. The number of hydrogen-bond acceptors (Lipinski definition) is 3. The lowest BCUT2D eigenvalue weighted by Gasteiger charge is -2.16. The summed E-state index contributed by atoms with van der Waals surface area (Å²) in [4.78, 5) is 37.7. The van der Waals surface area contributed by atoms with Gasteiger partial charge in [-0.3, -0.25) is 19.3 Å². The van der Waals surface area contributed by atoms with E-state index in [2.05, 4.69) is 0 Å². The normalized spacial score (nSPS) is 16.9. The van der Waals surface area contributed by atoms with Gasteiger partial charge >= 0.3 is 0 Å². The first kappa shape index (κ1) is 20.6. The van der Waals surface area contributed by atoms with Gasteiger partial charge in [-0.1, -0.05) is 27.7 Å². The smallest absolute Gasteiger partial charge is 0.229 e. The Morgan fingerprint density at radius 3 is 1.91 bits per heavy atom. The fourth-order valence-electron chi connectivity index (χ4n) is 2.54. The molecule has 2 aliphatic heterocycles. The zero-order chi connectivity index (χ0) is 17.0. The predicted octanol–water partition coefficient (Wildman–Crippen LogP) is 2.98. The minimum absolute atomic E-state index is 0.0640. The molecule has 0 aromatic heterocycles. The Morgan fingerprint density at radius 1 is 0.909 bits per heavy atom. The van der Waals surface area contributed by atoms with Gasteiger partial charge in [-0.2, -0.15) is 0 Å². The van der Waals surface area contributed by atoms with Crippen molar-refractivity contribution in [3.8, 4) is 0 Å². The van der Waals surface area contributed by atoms with Crippen LogP contribution in [0.2, 0.25) is 0 Å². The van der Waals surface area contributed by atoms with E-state index in [0.29, 0.717) is 25.8 Å². The minimum Gasteiger partial charge on any atom is -0.343 e. The van der Waals surface area contributed by atoms with Crippen LogP contribution in [0.3, 0.4) is 0 Å². The molecule has 0 radical (unpaired) electrons. The van der Waals surface area contributed by atoms with E-state index in [1.807, 2.05) is 32.6 Å². The molecule has 128 valence electrons. The van der Waals surface area contributed by atoms with E-state index < -0.39 is 0 Å². The van der Waals surface area contributed by atoms with E-state index in [1.165, 1.54) is 4.90 Å². The van der Waals surface area contributed by atoms with Crippen molar-refractivity contribution in [2.75, 3.05) is 19.6 Å². The summed E-state index contributed by atoms with van der Waals surface area (Å²) < 4.78 is 0. The first-order valence-corrected chi connectivity index (χ1v) is 8.79. The number of carbonyl (C=O) groups is 3. The summed E-state index contributed by atoms with van der Waals surface area (Å²) in [7, 11) is 0. The van der Waals surface area contributed by atoms with Crippen molar-refractivity contribution in [2.24, 2.45) is 0 Å². The molecule has 22 heavy (non-hydrogen) atoms. The van der Waals surface area contributed by atoms with E-state index in [9.17, 15) is 14.4 Å². The topological polar surface area (TPSA) is 57.7 Å². The maximum absolute atomic E-state index is 11.7. The summed E-state index contributed by atoms with van der Waals surface area (Å²) >= 11 is 0. The highest BCUT2D eigenvalue weighted by Gasteiger charge is 2.28. The molecule has 0 aromatic rings. The van der Waals surface area contributed by atoms with Gasteiger partial charge in [0, 0.05) is 38.9 Å². The average molecular weight is 312 g/mol. The van der Waals surface area contributed by atoms with Crippen LogP contribution in [0.1, 0.15) is 72.6 Å². The third-order valence-electron chi connectivity index (χ3n) is 3.64. The summed E-state index contributed by atoms with van der Waals surface area (Å²) in [6.07, 6.45) is 4.96. The quantitative estimate of drug-likeness (QED) is 0.579. The second-order valence-electron chi connectivity index (χ2n) is 4.98. The highest BCUT2D eigenvalue weighted by Crippen LogP contribution is 2.14. The second-order valence-corrected chi connectivity index (χ2v) is 4.98. The molecule has 2 saturated heterocycles. The number of imide groups is 1. The maximum Gasteiger partial charge on any atom is 0.229 e. The summed E-state index contributed by atoms with van der Waals surface area (Å²) in [5.74, 6) is 0.0864. The van der Waals surface area contributed by atoms with Crippen molar-refractivity contribution < 1.29 is 14.4 Å². The number of carbonyl (C=O) groups excluding carboxylic acids is 3. The van der Waals surface area contributed by atoms with Crippen molar-refractivity contribution in [1.82, 2.24) is 9.80 Å². The van der Waals surface area contributed by atoms with E-state index in [4.69, 9.17) is 0 Å². The molecule has 2 heterocycles. The van der Waals surface area contributed by atoms with Gasteiger partial charge in [-0.25, -0.2) is 0 Å². The SMILES string of the molecule is CC.CC.O=C(CCCCN1C(=O)CCC1=O)N1CCCC1. The lowest BCUT2D eigenvalue weighted by molar-refractivity contribution is -0.138. The largest absolute Gasteiger partial charge is 0.343 e. The molecule has 0 saturated carbocycles. The number of rotatable bonds is 5. The predicted molar refractivity (Wildman–Crippen MR) is 88.3 cm³/mol. The van der Waals surface area contributed by atoms with Gasteiger partial charge in [0.05, 0.1) is 0 Å². The molecule has 2 fully saturated rings. The van der Waals surface area contributed by atoms with Crippen LogP contribution in [0, 0.1) is 0 Å². The number of hydrogen-bond donors (Lipinski definition) is 0. The molecular formula is C17H32N2O3. The molecule has 0 atom stereocenters. The van der Waals surface area contributed by atoms with Crippen LogP contribution in [0.25, 0.3) is 0 Å². The molecule has 2 rings (SSSR count). The molecule has 0 aromatic carbocycles. The molecule has 2 aliphatic rings. The van der Waals surface area contributed by atoms with Crippen molar-refractivity contribution in [3.63, 3.8) is 0 Å². The zero-order valence-electron chi connectivity index (χ0n) is 14.7. The molecule has 0 unspecified atom stereocenters. The summed E-state index contributed by atoms with van der Waals surface area (Å²) in [5, 5.41) is 0. The number of amides is 3. The number of nitrogens with zero attached hydrogens (tertiary/aromatic N) is 2. The van der Waals surface area contributed by atoms with Crippen LogP contribution >= 0.6 is 0 Å². The van der Waals surface area contributed by atoms with Gasteiger partial charge in [-0.05, 0) is 25.7 Å². The van der Waals surface area contributed by atoms with Gasteiger partial charge in [-0.15, -0.1) is 0 Å². The van der Waals surface area contributed by atoms with E-state index in [1.54, 1.807) is 0 Å². The molecule has 0 spiro atoms. The lowest BCUT2D eigenvalue weighted by Crippen LogP contribution is -2.30. The molecule has 3 amide bonds. The Hall–Kier alpha value is -1.39. The second kappa shape index (κ2) is 12.2. The van der Waals surface area contributed by atoms with E-state index >= 15 is 0 Å². The highest BCUT2D eigenvalue weighted by atomic mass is 16.2. The lowest BCUT2D eigenvalue weighted by atomic mass is 10.2. The van der Waals surface area contributed by atoms with Crippen molar-refractivity contribution >= 4 is 17.7 Å². The maximum atomic E-state index is 11.7. The Labute approximate surface area is 135 Å². The fourth-order valence-corrected chi connectivity index (χ4v) is 2.54. The zero-order valence-corrected chi connectivity index (χ0v) is 14.7. The van der Waals surface area contributed by atoms with Gasteiger partial charge in [0.2, 0.25) is 17.7 Å². The first-order chi connectivity index (χ1) is 10.7. The third kappa shape index (κ3) is 6.58. The van der Waals surface area contributed by atoms with Gasteiger partial charge < -0.3 is 4.90 Å². The number of unbranched alkanes of at least 4 members (excludes halogenated alkanes) is 1. The average Bonchev–Trinajstić information content (AvgIpc) is 3.20.